The van der Waals surface area contributed by atoms with Crippen LogP contribution in [0.2, 0.25) is 0 Å². The first-order valence-corrected chi connectivity index (χ1v) is 10.1. The second-order valence-corrected chi connectivity index (χ2v) is 7.16. The summed E-state index contributed by atoms with van der Waals surface area (Å²) < 4.78 is 6.68. The van der Waals surface area contributed by atoms with Gasteiger partial charge in [-0.25, -0.2) is 4.98 Å². The van der Waals surface area contributed by atoms with Crippen molar-refractivity contribution < 1.29 is 14.5 Å². The molecule has 4 rings (SSSR count). The molecule has 0 spiro atoms. The second-order valence-electron chi connectivity index (χ2n) is 7.16. The Bertz CT molecular complexity index is 1380. The lowest BCUT2D eigenvalue weighted by molar-refractivity contribution is -0.384. The first kappa shape index (κ1) is 21.7. The lowest BCUT2D eigenvalue weighted by Crippen LogP contribution is -2.31. The average Bonchev–Trinajstić information content (AvgIpc) is 3.21. The van der Waals surface area contributed by atoms with E-state index in [1.807, 2.05) is 6.92 Å². The van der Waals surface area contributed by atoms with Crippen LogP contribution < -0.4 is 15.2 Å². The molecule has 168 valence electrons. The van der Waals surface area contributed by atoms with Gasteiger partial charge in [0.1, 0.15) is 11.6 Å². The Morgan fingerprint density at radius 1 is 1.15 bits per heavy atom. The number of fused-ring (bicyclic) bond motifs is 1. The van der Waals surface area contributed by atoms with Crippen LogP contribution in [0.1, 0.15) is 28.8 Å². The van der Waals surface area contributed by atoms with Crippen LogP contribution in [0.25, 0.3) is 5.78 Å². The predicted molar refractivity (Wildman–Crippen MR) is 120 cm³/mol. The molecule has 4 aromatic rings. The largest absolute Gasteiger partial charge is 0.494 e. The van der Waals surface area contributed by atoms with E-state index >= 15 is 0 Å². The zero-order chi connectivity index (χ0) is 23.5. The smallest absolute Gasteiger partial charge is 0.274 e. The summed E-state index contributed by atoms with van der Waals surface area (Å²) >= 11 is 0. The number of aromatic nitrogens is 4. The van der Waals surface area contributed by atoms with E-state index in [1.54, 1.807) is 31.2 Å². The lowest BCUT2D eigenvalue weighted by atomic mass is 10.1. The number of hydrogen-bond donors (Lipinski definition) is 1. The second kappa shape index (κ2) is 8.91. The maximum atomic E-state index is 13.4. The van der Waals surface area contributed by atoms with Crippen LogP contribution in [0.5, 0.6) is 5.75 Å². The molecule has 0 saturated carbocycles. The number of carbonyl (C=O) groups is 1. The molecule has 0 fully saturated rings. The Kier molecular flexibility index (Phi) is 5.85. The van der Waals surface area contributed by atoms with E-state index in [-0.39, 0.29) is 29.1 Å². The molecule has 0 aliphatic rings. The van der Waals surface area contributed by atoms with Crippen molar-refractivity contribution in [3.05, 3.63) is 92.1 Å². The SMILES string of the molecule is CCOc1ccc(N(Cc2nc3nc(C)cc(=O)n3[nH]2)C(=O)c2ccc([N+](=O)[O-])cc2)cc1. The molecule has 2 aromatic carbocycles. The number of amides is 1. The highest BCUT2D eigenvalue weighted by atomic mass is 16.6. The molecular weight excluding hydrogens is 428 g/mol. The molecule has 0 aliphatic heterocycles. The zero-order valence-corrected chi connectivity index (χ0v) is 17.9. The molecule has 11 nitrogen and oxygen atoms in total. The Morgan fingerprint density at radius 3 is 2.48 bits per heavy atom. The number of nitrogens with one attached hydrogen (secondary N) is 1. The number of rotatable bonds is 7. The summed E-state index contributed by atoms with van der Waals surface area (Å²) in [5.41, 5.74) is 0.918. The number of aryl methyl sites for hydroxylation is 1. The molecule has 0 saturated heterocycles. The topological polar surface area (TPSA) is 136 Å². The van der Waals surface area contributed by atoms with E-state index in [4.69, 9.17) is 4.74 Å². The molecule has 0 atom stereocenters. The van der Waals surface area contributed by atoms with Gasteiger partial charge < -0.3 is 9.64 Å². The fourth-order valence-corrected chi connectivity index (χ4v) is 3.31. The molecule has 33 heavy (non-hydrogen) atoms. The number of ether oxygens (including phenoxy) is 1. The third kappa shape index (κ3) is 4.56. The zero-order valence-electron chi connectivity index (χ0n) is 17.9. The number of nitrogens with zero attached hydrogens (tertiary/aromatic N) is 5. The summed E-state index contributed by atoms with van der Waals surface area (Å²) in [7, 11) is 0. The number of hydrogen-bond acceptors (Lipinski definition) is 7. The van der Waals surface area contributed by atoms with Gasteiger partial charge in [-0.2, -0.15) is 9.50 Å². The van der Waals surface area contributed by atoms with E-state index in [0.29, 0.717) is 29.6 Å². The van der Waals surface area contributed by atoms with Gasteiger partial charge in [0.25, 0.3) is 22.9 Å². The van der Waals surface area contributed by atoms with Crippen molar-refractivity contribution in [1.29, 1.82) is 0 Å². The minimum absolute atomic E-state index is 0.00561. The van der Waals surface area contributed by atoms with Crippen molar-refractivity contribution in [3.8, 4) is 5.75 Å². The number of aromatic amines is 1. The molecule has 11 heteroatoms. The van der Waals surface area contributed by atoms with E-state index in [1.165, 1.54) is 39.7 Å². The Hall–Kier alpha value is -4.54. The van der Waals surface area contributed by atoms with Crippen molar-refractivity contribution in [1.82, 2.24) is 19.6 Å². The van der Waals surface area contributed by atoms with Crippen LogP contribution >= 0.6 is 0 Å². The maximum Gasteiger partial charge on any atom is 0.274 e. The van der Waals surface area contributed by atoms with Gasteiger partial charge >= 0.3 is 0 Å². The van der Waals surface area contributed by atoms with Gasteiger partial charge in [0.05, 0.1) is 18.1 Å². The average molecular weight is 448 g/mol. The Balaban J connectivity index is 1.72. The molecule has 1 amide bonds. The summed E-state index contributed by atoms with van der Waals surface area (Å²) in [6.45, 7) is 4.08. The summed E-state index contributed by atoms with van der Waals surface area (Å²) in [5.74, 6) is 0.795. The Morgan fingerprint density at radius 2 is 1.85 bits per heavy atom. The maximum absolute atomic E-state index is 13.4. The minimum atomic E-state index is -0.528. The minimum Gasteiger partial charge on any atom is -0.494 e. The third-order valence-electron chi connectivity index (χ3n) is 4.84. The molecule has 0 unspecified atom stereocenters. The molecule has 2 heterocycles. The molecular formula is C22H20N6O5. The van der Waals surface area contributed by atoms with Crippen LogP contribution in [0.3, 0.4) is 0 Å². The monoisotopic (exact) mass is 448 g/mol. The van der Waals surface area contributed by atoms with Gasteiger partial charge in [0, 0.05) is 35.1 Å². The molecule has 0 aliphatic carbocycles. The fourth-order valence-electron chi connectivity index (χ4n) is 3.31. The van der Waals surface area contributed by atoms with Gasteiger partial charge in [-0.15, -0.1) is 0 Å². The van der Waals surface area contributed by atoms with E-state index < -0.39 is 10.8 Å². The van der Waals surface area contributed by atoms with Gasteiger partial charge in [-0.3, -0.25) is 24.8 Å². The molecule has 0 radical (unpaired) electrons. The Labute approximate surface area is 187 Å². The standard InChI is InChI=1S/C22H20N6O5/c1-3-33-18-10-8-16(9-11-18)26(21(30)15-4-6-17(7-5-15)28(31)32)13-19-24-22-23-14(2)12-20(29)27(22)25-19/h4-12H,3,13H2,1-2H3,(H,23,24,25). The normalized spacial score (nSPS) is 10.8. The third-order valence-corrected chi connectivity index (χ3v) is 4.84. The van der Waals surface area contributed by atoms with Crippen molar-refractivity contribution in [3.63, 3.8) is 0 Å². The van der Waals surface area contributed by atoms with Crippen LogP contribution in [-0.4, -0.2) is 37.0 Å². The lowest BCUT2D eigenvalue weighted by Gasteiger charge is -2.22. The van der Waals surface area contributed by atoms with E-state index in [2.05, 4.69) is 15.1 Å². The number of carbonyl (C=O) groups excluding carboxylic acids is 1. The molecule has 1 N–H and O–H groups in total. The van der Waals surface area contributed by atoms with Crippen LogP contribution in [0.4, 0.5) is 11.4 Å². The fraction of sp³-hybridized carbons (Fsp3) is 0.182. The highest BCUT2D eigenvalue weighted by molar-refractivity contribution is 6.06. The van der Waals surface area contributed by atoms with E-state index in [0.717, 1.165) is 0 Å². The van der Waals surface area contributed by atoms with Crippen molar-refractivity contribution in [2.24, 2.45) is 0 Å². The van der Waals surface area contributed by atoms with Crippen molar-refractivity contribution in [2.75, 3.05) is 11.5 Å². The predicted octanol–water partition coefficient (Wildman–Crippen LogP) is 2.88. The number of anilines is 1. The number of H-pyrrole nitrogens is 1. The van der Waals surface area contributed by atoms with E-state index in [9.17, 15) is 19.7 Å². The summed E-state index contributed by atoms with van der Waals surface area (Å²) in [6.07, 6.45) is 0. The van der Waals surface area contributed by atoms with Gasteiger partial charge in [0.2, 0.25) is 0 Å². The van der Waals surface area contributed by atoms with Crippen molar-refractivity contribution >= 4 is 23.1 Å². The summed E-state index contributed by atoms with van der Waals surface area (Å²) in [5, 5.41) is 13.8. The highest BCUT2D eigenvalue weighted by Gasteiger charge is 2.21. The van der Waals surface area contributed by atoms with Gasteiger partial charge in [-0.1, -0.05) is 0 Å². The summed E-state index contributed by atoms with van der Waals surface area (Å²) in [6, 6.07) is 13.7. The highest BCUT2D eigenvalue weighted by Crippen LogP contribution is 2.24. The van der Waals surface area contributed by atoms with Crippen molar-refractivity contribution in [2.45, 2.75) is 20.4 Å². The number of benzene rings is 2. The number of nitro groups is 1. The number of nitro benzene ring substituents is 1. The van der Waals surface area contributed by atoms with Crippen LogP contribution in [0, 0.1) is 17.0 Å². The van der Waals surface area contributed by atoms with Gasteiger partial charge in [0.15, 0.2) is 0 Å². The first-order valence-electron chi connectivity index (χ1n) is 10.1. The molecule has 0 bridgehead atoms. The molecule has 2 aromatic heterocycles. The number of non-ortho nitro benzene ring substituents is 1. The van der Waals surface area contributed by atoms with Gasteiger partial charge in [-0.05, 0) is 50.2 Å². The quantitative estimate of drug-likeness (QED) is 0.339. The first-order chi connectivity index (χ1) is 15.9. The summed E-state index contributed by atoms with van der Waals surface area (Å²) in [4.78, 5) is 46.0. The van der Waals surface area contributed by atoms with Crippen LogP contribution in [0.15, 0.2) is 59.4 Å². The van der Waals surface area contributed by atoms with Crippen LogP contribution in [-0.2, 0) is 6.54 Å².